The fraction of sp³-hybridized carbons (Fsp3) is 0.143. The lowest BCUT2D eigenvalue weighted by molar-refractivity contribution is 0.415. The average molecular weight is 212 g/mol. The molecule has 0 spiro atoms. The predicted molar refractivity (Wildman–Crippen MR) is 65.2 cm³/mol. The van der Waals surface area contributed by atoms with Gasteiger partial charge in [0.1, 0.15) is 5.75 Å². The van der Waals surface area contributed by atoms with Crippen molar-refractivity contribution in [3.8, 4) is 16.9 Å². The van der Waals surface area contributed by atoms with Crippen molar-refractivity contribution in [3.05, 3.63) is 54.1 Å². The van der Waals surface area contributed by atoms with E-state index in [4.69, 9.17) is 10.5 Å². The molecule has 1 radical (unpaired) electrons. The van der Waals surface area contributed by atoms with Gasteiger partial charge < -0.3 is 4.74 Å². The van der Waals surface area contributed by atoms with Crippen molar-refractivity contribution >= 4 is 0 Å². The van der Waals surface area contributed by atoms with Crippen molar-refractivity contribution in [2.75, 3.05) is 7.11 Å². The zero-order valence-corrected chi connectivity index (χ0v) is 9.23. The van der Waals surface area contributed by atoms with Gasteiger partial charge in [-0.3, -0.25) is 5.73 Å². The molecular formula is C14H14NO. The van der Waals surface area contributed by atoms with Crippen molar-refractivity contribution in [1.82, 2.24) is 5.73 Å². The van der Waals surface area contributed by atoms with E-state index in [0.29, 0.717) is 6.54 Å². The maximum absolute atomic E-state index is 7.26. The van der Waals surface area contributed by atoms with E-state index in [-0.39, 0.29) is 0 Å². The molecule has 16 heavy (non-hydrogen) atoms. The molecule has 0 aliphatic carbocycles. The Hall–Kier alpha value is -1.80. The van der Waals surface area contributed by atoms with Gasteiger partial charge in [-0.05, 0) is 28.8 Å². The minimum Gasteiger partial charge on any atom is -0.497 e. The minimum absolute atomic E-state index is 0.336. The summed E-state index contributed by atoms with van der Waals surface area (Å²) in [5.74, 6) is 0.867. The molecule has 0 aliphatic heterocycles. The molecule has 0 fully saturated rings. The second kappa shape index (κ2) is 4.81. The Morgan fingerprint density at radius 1 is 0.875 bits per heavy atom. The Labute approximate surface area is 95.7 Å². The first-order chi connectivity index (χ1) is 7.83. The van der Waals surface area contributed by atoms with E-state index >= 15 is 0 Å². The number of nitrogens with one attached hydrogen (secondary N) is 1. The molecule has 2 aromatic carbocycles. The quantitative estimate of drug-likeness (QED) is 0.769. The maximum Gasteiger partial charge on any atom is 0.118 e. The SMILES string of the molecule is COc1ccc(-c2ccc(C[NH])cc2)cc1. The molecule has 0 saturated carbocycles. The molecule has 81 valence electrons. The van der Waals surface area contributed by atoms with Crippen LogP contribution in [0.4, 0.5) is 0 Å². The highest BCUT2D eigenvalue weighted by molar-refractivity contribution is 5.64. The van der Waals surface area contributed by atoms with Crippen LogP contribution in [0.1, 0.15) is 5.56 Å². The molecule has 2 aromatic rings. The summed E-state index contributed by atoms with van der Waals surface area (Å²) in [6, 6.07) is 16.1. The van der Waals surface area contributed by atoms with E-state index in [1.165, 1.54) is 5.56 Å². The second-order valence-electron chi connectivity index (χ2n) is 3.60. The minimum atomic E-state index is 0.336. The van der Waals surface area contributed by atoms with Gasteiger partial charge in [0.15, 0.2) is 0 Å². The van der Waals surface area contributed by atoms with Crippen LogP contribution in [0.25, 0.3) is 11.1 Å². The van der Waals surface area contributed by atoms with Crippen LogP contribution in [0.15, 0.2) is 48.5 Å². The van der Waals surface area contributed by atoms with E-state index < -0.39 is 0 Å². The first-order valence-corrected chi connectivity index (χ1v) is 5.21. The van der Waals surface area contributed by atoms with Gasteiger partial charge in [0, 0.05) is 6.54 Å². The maximum atomic E-state index is 7.26. The van der Waals surface area contributed by atoms with Gasteiger partial charge in [0.2, 0.25) is 0 Å². The highest BCUT2D eigenvalue weighted by Gasteiger charge is 1.98. The molecule has 0 unspecified atom stereocenters. The van der Waals surface area contributed by atoms with Gasteiger partial charge in [0.05, 0.1) is 7.11 Å². The van der Waals surface area contributed by atoms with E-state index in [0.717, 1.165) is 16.9 Å². The molecule has 0 aliphatic rings. The first-order valence-electron chi connectivity index (χ1n) is 5.21. The summed E-state index contributed by atoms with van der Waals surface area (Å²) < 4.78 is 5.12. The smallest absolute Gasteiger partial charge is 0.118 e. The molecule has 0 amide bonds. The van der Waals surface area contributed by atoms with Gasteiger partial charge >= 0.3 is 0 Å². The van der Waals surface area contributed by atoms with E-state index in [9.17, 15) is 0 Å². The molecule has 2 nitrogen and oxygen atoms in total. The zero-order chi connectivity index (χ0) is 11.4. The van der Waals surface area contributed by atoms with E-state index in [2.05, 4.69) is 0 Å². The van der Waals surface area contributed by atoms with Crippen molar-refractivity contribution in [2.45, 2.75) is 6.54 Å². The molecule has 2 rings (SSSR count). The van der Waals surface area contributed by atoms with Crippen LogP contribution >= 0.6 is 0 Å². The summed E-state index contributed by atoms with van der Waals surface area (Å²) in [6.45, 7) is 0.336. The van der Waals surface area contributed by atoms with Crippen LogP contribution in [-0.2, 0) is 6.54 Å². The van der Waals surface area contributed by atoms with Crippen LogP contribution in [-0.4, -0.2) is 7.11 Å². The Bertz CT molecular complexity index is 400. The summed E-state index contributed by atoms with van der Waals surface area (Å²) in [5, 5.41) is 0. The second-order valence-corrected chi connectivity index (χ2v) is 3.60. The Morgan fingerprint density at radius 3 is 1.81 bits per heavy atom. The van der Waals surface area contributed by atoms with Crippen LogP contribution < -0.4 is 10.5 Å². The molecule has 0 saturated heterocycles. The molecule has 2 heteroatoms. The average Bonchev–Trinajstić information content (AvgIpc) is 2.39. The van der Waals surface area contributed by atoms with Gasteiger partial charge in [-0.15, -0.1) is 0 Å². The van der Waals surface area contributed by atoms with Gasteiger partial charge in [-0.2, -0.15) is 0 Å². The van der Waals surface area contributed by atoms with Crippen molar-refractivity contribution in [3.63, 3.8) is 0 Å². The number of hydrogen-bond acceptors (Lipinski definition) is 1. The fourth-order valence-corrected chi connectivity index (χ4v) is 1.60. The summed E-state index contributed by atoms with van der Waals surface area (Å²) in [6.07, 6.45) is 0. The first kappa shape index (κ1) is 10.7. The van der Waals surface area contributed by atoms with Crippen molar-refractivity contribution < 1.29 is 4.74 Å². The topological polar surface area (TPSA) is 33.0 Å². The highest BCUT2D eigenvalue weighted by atomic mass is 16.5. The summed E-state index contributed by atoms with van der Waals surface area (Å²) >= 11 is 0. The summed E-state index contributed by atoms with van der Waals surface area (Å²) in [5.41, 5.74) is 10.6. The number of benzene rings is 2. The van der Waals surface area contributed by atoms with Gasteiger partial charge in [-0.1, -0.05) is 36.4 Å². The predicted octanol–water partition coefficient (Wildman–Crippen LogP) is 3.15. The standard InChI is InChI=1S/C14H14NO/c1-16-14-8-6-13(7-9-14)12-4-2-11(10-15)3-5-12/h2-9,15H,10H2,1H3. The normalized spacial score (nSPS) is 10.1. The summed E-state index contributed by atoms with van der Waals surface area (Å²) in [7, 11) is 1.66. The zero-order valence-electron chi connectivity index (χ0n) is 9.23. The third kappa shape index (κ3) is 2.23. The Kier molecular flexibility index (Phi) is 3.22. The number of hydrogen-bond donors (Lipinski definition) is 0. The van der Waals surface area contributed by atoms with Gasteiger partial charge in [-0.25, -0.2) is 0 Å². The van der Waals surface area contributed by atoms with Crippen LogP contribution in [0, 0.1) is 0 Å². The third-order valence-corrected chi connectivity index (χ3v) is 2.58. The van der Waals surface area contributed by atoms with Crippen LogP contribution in [0.2, 0.25) is 0 Å². The summed E-state index contributed by atoms with van der Waals surface area (Å²) in [4.78, 5) is 0. The van der Waals surface area contributed by atoms with Crippen molar-refractivity contribution in [1.29, 1.82) is 0 Å². The number of methoxy groups -OCH3 is 1. The number of ether oxygens (including phenoxy) is 1. The van der Waals surface area contributed by atoms with Crippen LogP contribution in [0.3, 0.4) is 0 Å². The highest BCUT2D eigenvalue weighted by Crippen LogP contribution is 2.22. The Morgan fingerprint density at radius 2 is 1.38 bits per heavy atom. The lowest BCUT2D eigenvalue weighted by atomic mass is 10.0. The molecule has 1 N–H and O–H groups in total. The Balaban J connectivity index is 2.28. The van der Waals surface area contributed by atoms with Crippen LogP contribution in [0.5, 0.6) is 5.75 Å². The molecule has 0 bridgehead atoms. The van der Waals surface area contributed by atoms with E-state index in [1.54, 1.807) is 7.11 Å². The lowest BCUT2D eigenvalue weighted by Crippen LogP contribution is -1.85. The fourth-order valence-electron chi connectivity index (χ4n) is 1.60. The lowest BCUT2D eigenvalue weighted by Gasteiger charge is -2.04. The molecule has 0 heterocycles. The molecule has 0 aromatic heterocycles. The largest absolute Gasteiger partial charge is 0.497 e. The van der Waals surface area contributed by atoms with Crippen molar-refractivity contribution in [2.24, 2.45) is 0 Å². The third-order valence-electron chi connectivity index (χ3n) is 2.58. The molecular weight excluding hydrogens is 198 g/mol. The van der Waals surface area contributed by atoms with E-state index in [1.807, 2.05) is 48.5 Å². The van der Waals surface area contributed by atoms with Gasteiger partial charge in [0.25, 0.3) is 0 Å². The monoisotopic (exact) mass is 212 g/mol. The number of rotatable bonds is 3. The molecule has 0 atom stereocenters.